The molecule has 0 aromatic heterocycles. The van der Waals surface area contributed by atoms with Crippen LogP contribution in [-0.2, 0) is 0 Å². The van der Waals surface area contributed by atoms with Crippen LogP contribution in [0.25, 0.3) is 0 Å². The molecule has 0 saturated carbocycles. The summed E-state index contributed by atoms with van der Waals surface area (Å²) in [6, 6.07) is 10.6. The Bertz CT molecular complexity index is 781. The number of allylic oxidation sites excluding steroid dienone is 4. The van der Waals surface area contributed by atoms with E-state index in [9.17, 15) is 10.5 Å². The van der Waals surface area contributed by atoms with Crippen molar-refractivity contribution in [2.24, 2.45) is 11.3 Å². The van der Waals surface area contributed by atoms with Crippen molar-refractivity contribution >= 4 is 0 Å². The van der Waals surface area contributed by atoms with Gasteiger partial charge in [-0.15, -0.1) is 0 Å². The van der Waals surface area contributed by atoms with Crippen molar-refractivity contribution in [3.05, 3.63) is 47.6 Å². The van der Waals surface area contributed by atoms with Crippen molar-refractivity contribution < 1.29 is 9.47 Å². The summed E-state index contributed by atoms with van der Waals surface area (Å²) >= 11 is 0. The minimum Gasteiger partial charge on any atom is -0.493 e. The van der Waals surface area contributed by atoms with Gasteiger partial charge in [-0.2, -0.15) is 10.5 Å². The molecule has 0 N–H and O–H groups in total. The molecular formula is C21H22N2O2. The fraction of sp³-hybridized carbons (Fsp3) is 0.429. The first-order valence-corrected chi connectivity index (χ1v) is 8.60. The summed E-state index contributed by atoms with van der Waals surface area (Å²) in [6.07, 6.45) is 9.73. The molecule has 0 saturated heterocycles. The third-order valence-electron chi connectivity index (χ3n) is 5.35. The average Bonchev–Trinajstić information content (AvgIpc) is 2.84. The Morgan fingerprint density at radius 2 is 1.88 bits per heavy atom. The molecule has 0 radical (unpaired) electrons. The van der Waals surface area contributed by atoms with Crippen LogP contribution < -0.4 is 9.47 Å². The maximum Gasteiger partial charge on any atom is 0.168 e. The van der Waals surface area contributed by atoms with Crippen LogP contribution in [0.4, 0.5) is 0 Å². The molecule has 25 heavy (non-hydrogen) atoms. The number of hydrogen-bond acceptors (Lipinski definition) is 4. The number of nitrogens with zero attached hydrogens (tertiary/aromatic N) is 2. The third-order valence-corrected chi connectivity index (χ3v) is 5.35. The predicted octanol–water partition coefficient (Wildman–Crippen LogP) is 4.51. The summed E-state index contributed by atoms with van der Waals surface area (Å²) in [4.78, 5) is 0. The monoisotopic (exact) mass is 334 g/mol. The van der Waals surface area contributed by atoms with Crippen LogP contribution >= 0.6 is 0 Å². The Hall–Kier alpha value is -2.72. The molecule has 0 unspecified atom stereocenters. The van der Waals surface area contributed by atoms with Gasteiger partial charge < -0.3 is 9.47 Å². The molecule has 128 valence electrons. The van der Waals surface area contributed by atoms with Gasteiger partial charge in [0.15, 0.2) is 16.9 Å². The molecule has 4 heteroatoms. The fourth-order valence-corrected chi connectivity index (χ4v) is 4.06. The van der Waals surface area contributed by atoms with E-state index in [0.29, 0.717) is 17.9 Å². The van der Waals surface area contributed by atoms with Crippen molar-refractivity contribution in [3.63, 3.8) is 0 Å². The molecule has 1 aromatic rings. The zero-order valence-electron chi connectivity index (χ0n) is 14.7. The number of nitriles is 2. The fourth-order valence-electron chi connectivity index (χ4n) is 4.06. The van der Waals surface area contributed by atoms with Gasteiger partial charge in [0.2, 0.25) is 0 Å². The Balaban J connectivity index is 2.07. The van der Waals surface area contributed by atoms with E-state index in [0.717, 1.165) is 30.4 Å². The molecular weight excluding hydrogens is 312 g/mol. The molecule has 0 amide bonds. The lowest BCUT2D eigenvalue weighted by Gasteiger charge is -2.34. The van der Waals surface area contributed by atoms with Gasteiger partial charge in [0, 0.05) is 12.3 Å². The molecule has 0 aliphatic heterocycles. The lowest BCUT2D eigenvalue weighted by Crippen LogP contribution is -2.27. The molecule has 2 aliphatic carbocycles. The quantitative estimate of drug-likeness (QED) is 0.763. The van der Waals surface area contributed by atoms with Gasteiger partial charge in [-0.3, -0.25) is 0 Å². The summed E-state index contributed by atoms with van der Waals surface area (Å²) in [6.45, 7) is 0. The molecule has 0 heterocycles. The largest absolute Gasteiger partial charge is 0.493 e. The summed E-state index contributed by atoms with van der Waals surface area (Å²) in [5.41, 5.74) is 1.08. The molecule has 3 rings (SSSR count). The van der Waals surface area contributed by atoms with Gasteiger partial charge in [-0.25, -0.2) is 0 Å². The predicted molar refractivity (Wildman–Crippen MR) is 95.1 cm³/mol. The van der Waals surface area contributed by atoms with Crippen LogP contribution in [0.2, 0.25) is 0 Å². The van der Waals surface area contributed by atoms with Gasteiger partial charge in [0.1, 0.15) is 0 Å². The van der Waals surface area contributed by atoms with Crippen molar-refractivity contribution in [2.45, 2.75) is 31.6 Å². The minimum atomic E-state index is -1.03. The normalized spacial score (nSPS) is 24.1. The minimum absolute atomic E-state index is 0.134. The molecule has 4 nitrogen and oxygen atoms in total. The molecule has 0 spiro atoms. The highest BCUT2D eigenvalue weighted by atomic mass is 16.5. The van der Waals surface area contributed by atoms with Crippen molar-refractivity contribution in [1.29, 1.82) is 10.5 Å². The van der Waals surface area contributed by atoms with E-state index >= 15 is 0 Å². The Morgan fingerprint density at radius 3 is 2.56 bits per heavy atom. The number of fused-ring (bicyclic) bond motifs is 1. The van der Waals surface area contributed by atoms with Gasteiger partial charge in [-0.05, 0) is 48.4 Å². The maximum atomic E-state index is 9.73. The van der Waals surface area contributed by atoms with Crippen molar-refractivity contribution in [2.75, 3.05) is 14.2 Å². The third kappa shape index (κ3) is 2.89. The van der Waals surface area contributed by atoms with E-state index in [1.165, 1.54) is 0 Å². The highest BCUT2D eigenvalue weighted by molar-refractivity contribution is 5.48. The summed E-state index contributed by atoms with van der Waals surface area (Å²) in [7, 11) is 3.26. The van der Waals surface area contributed by atoms with E-state index in [1.54, 1.807) is 14.2 Å². The lowest BCUT2D eigenvalue weighted by molar-refractivity contribution is 0.353. The van der Waals surface area contributed by atoms with E-state index in [4.69, 9.17) is 9.47 Å². The van der Waals surface area contributed by atoms with Gasteiger partial charge >= 0.3 is 0 Å². The average molecular weight is 334 g/mol. The molecule has 1 aromatic carbocycles. The Labute approximate surface area is 149 Å². The Kier molecular flexibility index (Phi) is 4.81. The second-order valence-corrected chi connectivity index (χ2v) is 6.60. The van der Waals surface area contributed by atoms with Crippen molar-refractivity contribution in [1.82, 2.24) is 0 Å². The number of hydrogen-bond donors (Lipinski definition) is 0. The lowest BCUT2D eigenvalue weighted by atomic mass is 9.67. The molecule has 2 atom stereocenters. The molecule has 0 bridgehead atoms. The highest BCUT2D eigenvalue weighted by Crippen LogP contribution is 2.49. The summed E-state index contributed by atoms with van der Waals surface area (Å²) < 4.78 is 10.8. The zero-order valence-corrected chi connectivity index (χ0v) is 14.7. The van der Waals surface area contributed by atoms with E-state index in [1.807, 2.05) is 24.3 Å². The standard InChI is InChI=1S/C21H22N2O2/c1-24-19-10-9-15(12-20(19)25-2)16-7-5-11-21(13-22,14-23)18-8-4-3-6-17(16)18/h5,7-10,12,16-17H,3-4,6,11H2,1-2H3/t16-,17-/m0/s1. The second kappa shape index (κ2) is 7.03. The van der Waals surface area contributed by atoms with Crippen LogP contribution in [0.3, 0.4) is 0 Å². The summed E-state index contributed by atoms with van der Waals surface area (Å²) in [5.74, 6) is 1.71. The number of rotatable bonds is 3. The smallest absolute Gasteiger partial charge is 0.168 e. The van der Waals surface area contributed by atoms with Crippen LogP contribution in [0.5, 0.6) is 11.5 Å². The first kappa shape index (κ1) is 17.1. The van der Waals surface area contributed by atoms with Gasteiger partial charge in [0.25, 0.3) is 0 Å². The van der Waals surface area contributed by atoms with Crippen LogP contribution in [-0.4, -0.2) is 14.2 Å². The highest BCUT2D eigenvalue weighted by Gasteiger charge is 2.43. The van der Waals surface area contributed by atoms with Crippen LogP contribution in [0.1, 0.15) is 37.2 Å². The molecule has 2 aliphatic rings. The SMILES string of the molecule is COc1ccc([C@@H]2C=CCC(C#N)(C#N)C3=CCCC[C@H]32)cc1OC. The van der Waals surface area contributed by atoms with E-state index in [-0.39, 0.29) is 11.8 Å². The number of benzene rings is 1. The maximum absolute atomic E-state index is 9.73. The first-order chi connectivity index (χ1) is 12.2. The van der Waals surface area contributed by atoms with E-state index < -0.39 is 5.41 Å². The zero-order chi connectivity index (χ0) is 17.9. The van der Waals surface area contributed by atoms with Crippen molar-refractivity contribution in [3.8, 4) is 23.6 Å². The van der Waals surface area contributed by atoms with Gasteiger partial charge in [-0.1, -0.05) is 24.3 Å². The second-order valence-electron chi connectivity index (χ2n) is 6.60. The summed E-state index contributed by atoms with van der Waals surface area (Å²) in [5, 5.41) is 19.5. The number of ether oxygens (including phenoxy) is 2. The molecule has 0 fully saturated rings. The topological polar surface area (TPSA) is 66.0 Å². The van der Waals surface area contributed by atoms with Crippen LogP contribution in [0.15, 0.2) is 42.0 Å². The number of methoxy groups -OCH3 is 2. The van der Waals surface area contributed by atoms with E-state index in [2.05, 4.69) is 24.3 Å². The van der Waals surface area contributed by atoms with Gasteiger partial charge in [0.05, 0.1) is 26.4 Å². The first-order valence-electron chi connectivity index (χ1n) is 8.60. The Morgan fingerprint density at radius 1 is 1.12 bits per heavy atom. The van der Waals surface area contributed by atoms with Crippen LogP contribution in [0, 0.1) is 34.0 Å².